The largest absolute Gasteiger partial charge is 0.454 e. The minimum absolute atomic E-state index is 0.0218. The average Bonchev–Trinajstić information content (AvgIpc) is 3.46. The van der Waals surface area contributed by atoms with Crippen LogP contribution in [0.3, 0.4) is 0 Å². The Hall–Kier alpha value is -3.03. The number of carbonyl (C=O) groups excluding carboxylic acids is 2. The highest BCUT2D eigenvalue weighted by Gasteiger charge is 2.43. The van der Waals surface area contributed by atoms with E-state index in [0.717, 1.165) is 41.5 Å². The molecule has 7 heteroatoms. The lowest BCUT2D eigenvalue weighted by Gasteiger charge is -2.42. The van der Waals surface area contributed by atoms with Gasteiger partial charge in [0, 0.05) is 36.8 Å². The zero-order chi connectivity index (χ0) is 24.6. The smallest absolute Gasteiger partial charge is 0.294 e. The minimum Gasteiger partial charge on any atom is -0.454 e. The van der Waals surface area contributed by atoms with Crippen molar-refractivity contribution in [2.24, 2.45) is 5.92 Å². The number of fused-ring (bicyclic) bond motifs is 2. The van der Waals surface area contributed by atoms with Crippen molar-refractivity contribution >= 4 is 12.4 Å². The molecular formula is C28H32FN3O3. The summed E-state index contributed by atoms with van der Waals surface area (Å²) in [6.45, 7) is 5.44. The Balaban J connectivity index is 1.31. The third-order valence-corrected chi connectivity index (χ3v) is 7.87. The number of carbonyl (C=O) groups is 2. The zero-order valence-corrected chi connectivity index (χ0v) is 20.2. The van der Waals surface area contributed by atoms with Gasteiger partial charge in [-0.2, -0.15) is 0 Å². The van der Waals surface area contributed by atoms with Crippen molar-refractivity contribution in [3.8, 4) is 11.1 Å². The second kappa shape index (κ2) is 9.55. The van der Waals surface area contributed by atoms with Crippen LogP contribution in [0.5, 0.6) is 0 Å². The van der Waals surface area contributed by atoms with Crippen molar-refractivity contribution in [2.75, 3.05) is 13.1 Å². The third kappa shape index (κ3) is 4.50. The molecule has 0 radical (unpaired) electrons. The molecule has 1 unspecified atom stereocenters. The quantitative estimate of drug-likeness (QED) is 0.508. The topological polar surface area (TPSA) is 79.5 Å². The monoisotopic (exact) mass is 477 g/mol. The Morgan fingerprint density at radius 1 is 1.20 bits per heavy atom. The minimum atomic E-state index is -0.674. The average molecular weight is 478 g/mol. The number of rotatable bonds is 8. The number of allylic oxidation sites excluding steroid dienone is 2. The van der Waals surface area contributed by atoms with E-state index in [1.54, 1.807) is 6.07 Å². The summed E-state index contributed by atoms with van der Waals surface area (Å²) < 4.78 is 20.6. The SMILES string of the molecule is C/C=C(\Cc1ccc(-c2ccc(C)c(C3(OC=O)CNC3)c2)cc1F)NC(=O)C1N[C@@H]2CC[C@H]1C2. The third-order valence-electron chi connectivity index (χ3n) is 7.87. The van der Waals surface area contributed by atoms with Gasteiger partial charge in [0.2, 0.25) is 5.91 Å². The highest BCUT2D eigenvalue weighted by molar-refractivity contribution is 5.84. The predicted molar refractivity (Wildman–Crippen MR) is 132 cm³/mol. The van der Waals surface area contributed by atoms with Crippen LogP contribution in [0.1, 0.15) is 42.9 Å². The van der Waals surface area contributed by atoms with Crippen LogP contribution in [0.4, 0.5) is 4.39 Å². The number of nitrogens with one attached hydrogen (secondary N) is 3. The van der Waals surface area contributed by atoms with Crippen LogP contribution in [0.2, 0.25) is 0 Å². The van der Waals surface area contributed by atoms with Crippen LogP contribution in [0.15, 0.2) is 48.2 Å². The first-order valence-electron chi connectivity index (χ1n) is 12.4. The first kappa shape index (κ1) is 23.7. The fourth-order valence-electron chi connectivity index (χ4n) is 5.75. The number of ether oxygens (including phenoxy) is 1. The fraction of sp³-hybridized carbons (Fsp3) is 0.429. The van der Waals surface area contributed by atoms with E-state index >= 15 is 4.39 Å². The molecule has 1 amide bonds. The molecule has 3 fully saturated rings. The van der Waals surface area contributed by atoms with Crippen LogP contribution < -0.4 is 16.0 Å². The van der Waals surface area contributed by atoms with E-state index in [1.807, 2.05) is 44.2 Å². The fourth-order valence-corrected chi connectivity index (χ4v) is 5.75. The summed E-state index contributed by atoms with van der Waals surface area (Å²) in [6, 6.07) is 11.4. The number of benzene rings is 2. The van der Waals surface area contributed by atoms with Gasteiger partial charge in [0.25, 0.3) is 6.47 Å². The van der Waals surface area contributed by atoms with E-state index in [2.05, 4.69) is 16.0 Å². The second-order valence-corrected chi connectivity index (χ2v) is 10.0. The van der Waals surface area contributed by atoms with Crippen LogP contribution in [-0.2, 0) is 26.3 Å². The number of hydrogen-bond donors (Lipinski definition) is 3. The van der Waals surface area contributed by atoms with Gasteiger partial charge in [0.05, 0.1) is 6.04 Å². The highest BCUT2D eigenvalue weighted by Crippen LogP contribution is 2.36. The van der Waals surface area contributed by atoms with Crippen molar-refractivity contribution < 1.29 is 18.7 Å². The van der Waals surface area contributed by atoms with Gasteiger partial charge in [-0.3, -0.25) is 9.59 Å². The molecule has 1 saturated carbocycles. The van der Waals surface area contributed by atoms with Gasteiger partial charge in [-0.1, -0.05) is 30.3 Å². The number of halogens is 1. The van der Waals surface area contributed by atoms with Crippen LogP contribution in [0, 0.1) is 18.7 Å². The molecule has 3 N–H and O–H groups in total. The molecule has 2 heterocycles. The van der Waals surface area contributed by atoms with Gasteiger partial charge in [-0.15, -0.1) is 0 Å². The van der Waals surface area contributed by atoms with Crippen molar-refractivity contribution in [2.45, 2.75) is 57.2 Å². The summed E-state index contributed by atoms with van der Waals surface area (Å²) in [5.74, 6) is 0.0622. The van der Waals surface area contributed by atoms with Gasteiger partial charge in [0.15, 0.2) is 5.60 Å². The van der Waals surface area contributed by atoms with Crippen molar-refractivity contribution in [1.29, 1.82) is 0 Å². The number of hydrogen-bond acceptors (Lipinski definition) is 5. The Morgan fingerprint density at radius 2 is 1.97 bits per heavy atom. The van der Waals surface area contributed by atoms with Gasteiger partial charge < -0.3 is 20.7 Å². The summed E-state index contributed by atoms with van der Waals surface area (Å²) in [5, 5.41) is 9.59. The van der Waals surface area contributed by atoms with Gasteiger partial charge in [-0.05, 0) is 73.4 Å². The van der Waals surface area contributed by atoms with E-state index in [1.165, 1.54) is 6.07 Å². The maximum atomic E-state index is 15.2. The molecule has 1 aliphatic carbocycles. The van der Waals surface area contributed by atoms with Crippen molar-refractivity contribution in [3.63, 3.8) is 0 Å². The molecule has 3 aliphatic rings. The maximum absolute atomic E-state index is 15.2. The van der Waals surface area contributed by atoms with Crippen LogP contribution in [0.25, 0.3) is 11.1 Å². The first-order valence-corrected chi connectivity index (χ1v) is 12.4. The van der Waals surface area contributed by atoms with Crippen LogP contribution >= 0.6 is 0 Å². The van der Waals surface area contributed by atoms with Gasteiger partial charge >= 0.3 is 0 Å². The van der Waals surface area contributed by atoms with Crippen molar-refractivity contribution in [3.05, 3.63) is 70.7 Å². The lowest BCUT2D eigenvalue weighted by atomic mass is 9.83. The Kier molecular flexibility index (Phi) is 6.47. The molecule has 5 rings (SSSR count). The molecule has 0 aromatic heterocycles. The highest BCUT2D eigenvalue weighted by atomic mass is 19.1. The molecule has 2 aliphatic heterocycles. The molecule has 35 heavy (non-hydrogen) atoms. The second-order valence-electron chi connectivity index (χ2n) is 10.0. The summed E-state index contributed by atoms with van der Waals surface area (Å²) in [5.41, 5.74) is 4.12. The molecule has 184 valence electrons. The molecule has 2 aromatic carbocycles. The molecular weight excluding hydrogens is 445 g/mol. The zero-order valence-electron chi connectivity index (χ0n) is 20.2. The number of piperidine rings is 1. The Labute approximate surface area is 205 Å². The van der Waals surface area contributed by atoms with Crippen LogP contribution in [-0.4, -0.2) is 37.6 Å². The molecule has 6 nitrogen and oxygen atoms in total. The standard InChI is InChI=1S/C28H32FN3O3/c1-3-22(32-27(34)26-21-8-9-23(11-21)31-26)10-20-7-6-19(13-25(20)29)18-5-4-17(2)24(12-18)28(35-16-33)14-30-15-28/h3-7,12-13,16,21,23,26,30-31H,8-11,14-15H2,1-2H3,(H,32,34)/b22-3+/t21-,23+,26?/m0/s1. The molecule has 3 atom stereocenters. The van der Waals surface area contributed by atoms with Gasteiger partial charge in [-0.25, -0.2) is 4.39 Å². The summed E-state index contributed by atoms with van der Waals surface area (Å²) in [7, 11) is 0. The van der Waals surface area contributed by atoms with E-state index < -0.39 is 5.60 Å². The Bertz CT molecular complexity index is 1170. The summed E-state index contributed by atoms with van der Waals surface area (Å²) >= 11 is 0. The molecule has 0 spiro atoms. The number of amides is 1. The van der Waals surface area contributed by atoms with E-state index in [-0.39, 0.29) is 17.8 Å². The van der Waals surface area contributed by atoms with E-state index in [4.69, 9.17) is 4.74 Å². The van der Waals surface area contributed by atoms with Crippen molar-refractivity contribution in [1.82, 2.24) is 16.0 Å². The maximum Gasteiger partial charge on any atom is 0.294 e. The number of aryl methyl sites for hydroxylation is 1. The normalized spacial score (nSPS) is 24.7. The predicted octanol–water partition coefficient (Wildman–Crippen LogP) is 3.48. The molecule has 2 aromatic rings. The summed E-state index contributed by atoms with van der Waals surface area (Å²) in [4.78, 5) is 23.9. The van der Waals surface area contributed by atoms with Gasteiger partial charge in [0.1, 0.15) is 5.82 Å². The van der Waals surface area contributed by atoms with E-state index in [0.29, 0.717) is 49.2 Å². The molecule has 2 saturated heterocycles. The first-order chi connectivity index (χ1) is 16.9. The Morgan fingerprint density at radius 3 is 2.57 bits per heavy atom. The summed E-state index contributed by atoms with van der Waals surface area (Å²) in [6.07, 6.45) is 5.46. The van der Waals surface area contributed by atoms with E-state index in [9.17, 15) is 9.59 Å². The molecule has 2 bridgehead atoms. The lowest BCUT2D eigenvalue weighted by molar-refractivity contribution is -0.150. The lowest BCUT2D eigenvalue weighted by Crippen LogP contribution is -2.58.